The minimum absolute atomic E-state index is 0.147. The molecule has 32 heavy (non-hydrogen) atoms. The van der Waals surface area contributed by atoms with Crippen LogP contribution in [0.25, 0.3) is 32.8 Å². The summed E-state index contributed by atoms with van der Waals surface area (Å²) in [5, 5.41) is 3.94. The number of carbonyl (C=O) groups excluding carboxylic acids is 1. The molecule has 0 radical (unpaired) electrons. The number of anilines is 1. The highest BCUT2D eigenvalue weighted by atomic mass is 32.2. The summed E-state index contributed by atoms with van der Waals surface area (Å²) in [4.78, 5) is 21.7. The molecule has 2 aromatic heterocycles. The summed E-state index contributed by atoms with van der Waals surface area (Å²) in [6.07, 6.45) is 0. The average molecular weight is 458 g/mol. The van der Waals surface area contributed by atoms with Gasteiger partial charge in [-0.25, -0.2) is 9.97 Å². The highest BCUT2D eigenvalue weighted by Crippen LogP contribution is 2.35. The lowest BCUT2D eigenvalue weighted by molar-refractivity contribution is -0.113. The van der Waals surface area contributed by atoms with Crippen molar-refractivity contribution in [2.45, 2.75) is 12.1 Å². The number of hydrogen-bond acceptors (Lipinski definition) is 6. The van der Waals surface area contributed by atoms with Crippen LogP contribution in [0.2, 0.25) is 0 Å². The Labute approximate surface area is 193 Å². The van der Waals surface area contributed by atoms with E-state index in [1.165, 1.54) is 28.7 Å². The molecule has 158 valence electrons. The van der Waals surface area contributed by atoms with Crippen molar-refractivity contribution in [3.8, 4) is 22.6 Å². The smallest absolute Gasteiger partial charge is 0.257 e. The van der Waals surface area contributed by atoms with Gasteiger partial charge in [0, 0.05) is 11.1 Å². The first-order valence-corrected chi connectivity index (χ1v) is 11.9. The number of hydrogen-bond donors (Lipinski definition) is 1. The maximum Gasteiger partial charge on any atom is 0.257 e. The van der Waals surface area contributed by atoms with E-state index in [2.05, 4.69) is 21.4 Å². The molecule has 0 fully saturated rings. The normalized spacial score (nSPS) is 11.0. The van der Waals surface area contributed by atoms with Crippen LogP contribution in [0.3, 0.4) is 0 Å². The number of nitrogens with one attached hydrogen (secondary N) is 1. The molecule has 0 spiro atoms. The van der Waals surface area contributed by atoms with Gasteiger partial charge in [-0.15, -0.1) is 0 Å². The lowest BCUT2D eigenvalue weighted by Crippen LogP contribution is -2.13. The number of aromatic nitrogens is 2. The van der Waals surface area contributed by atoms with Crippen LogP contribution in [-0.4, -0.2) is 21.6 Å². The zero-order valence-corrected chi connectivity index (χ0v) is 18.9. The van der Waals surface area contributed by atoms with Crippen LogP contribution in [0.1, 0.15) is 5.56 Å². The molecule has 1 N–H and O–H groups in total. The molecule has 7 heteroatoms. The number of thiazole rings is 1. The van der Waals surface area contributed by atoms with Gasteiger partial charge in [0.25, 0.3) is 5.22 Å². The lowest BCUT2D eigenvalue weighted by Gasteiger charge is -2.00. The molecule has 0 aliphatic rings. The second-order valence-corrected chi connectivity index (χ2v) is 9.17. The maximum atomic E-state index is 12.5. The number of benzene rings is 3. The standard InChI is InChI=1S/C25H19N3O2S2/c1-16-12-13-19-20(14-16)32-24(26-19)27-21(29)15-31-25-28-22(17-8-4-2-5-9-17)23(30-25)18-10-6-3-7-11-18/h2-14H,15H2,1H3,(H,26,27,29). The fourth-order valence-electron chi connectivity index (χ4n) is 3.31. The molecule has 0 aliphatic heterocycles. The van der Waals surface area contributed by atoms with Crippen LogP contribution in [0.5, 0.6) is 0 Å². The minimum Gasteiger partial charge on any atom is -0.431 e. The summed E-state index contributed by atoms with van der Waals surface area (Å²) >= 11 is 2.74. The maximum absolute atomic E-state index is 12.5. The van der Waals surface area contributed by atoms with Crippen molar-refractivity contribution in [1.82, 2.24) is 9.97 Å². The van der Waals surface area contributed by atoms with Crippen molar-refractivity contribution in [2.75, 3.05) is 11.1 Å². The molecule has 0 unspecified atom stereocenters. The van der Waals surface area contributed by atoms with Crippen molar-refractivity contribution in [1.29, 1.82) is 0 Å². The molecule has 0 aliphatic carbocycles. The van der Waals surface area contributed by atoms with E-state index >= 15 is 0 Å². The third kappa shape index (κ3) is 4.44. The van der Waals surface area contributed by atoms with Crippen LogP contribution in [0.4, 0.5) is 5.13 Å². The Kier molecular flexibility index (Phi) is 5.75. The highest BCUT2D eigenvalue weighted by molar-refractivity contribution is 7.99. The minimum atomic E-state index is -0.147. The quantitative estimate of drug-likeness (QED) is 0.289. The van der Waals surface area contributed by atoms with Gasteiger partial charge < -0.3 is 9.73 Å². The van der Waals surface area contributed by atoms with E-state index in [1.807, 2.05) is 79.7 Å². The molecule has 0 saturated carbocycles. The molecule has 5 nitrogen and oxygen atoms in total. The van der Waals surface area contributed by atoms with E-state index in [-0.39, 0.29) is 11.7 Å². The summed E-state index contributed by atoms with van der Waals surface area (Å²) in [5.74, 6) is 0.727. The topological polar surface area (TPSA) is 68.0 Å². The third-order valence-electron chi connectivity index (χ3n) is 4.81. The summed E-state index contributed by atoms with van der Waals surface area (Å²) in [7, 11) is 0. The van der Waals surface area contributed by atoms with Crippen molar-refractivity contribution >= 4 is 44.4 Å². The molecule has 2 heterocycles. The molecule has 5 rings (SSSR count). The monoisotopic (exact) mass is 457 g/mol. The van der Waals surface area contributed by atoms with Crippen molar-refractivity contribution < 1.29 is 9.21 Å². The summed E-state index contributed by atoms with van der Waals surface area (Å²) in [5.41, 5.74) is 4.73. The lowest BCUT2D eigenvalue weighted by atomic mass is 10.1. The zero-order valence-electron chi connectivity index (χ0n) is 17.2. The summed E-state index contributed by atoms with van der Waals surface area (Å²) in [6.45, 7) is 2.04. The van der Waals surface area contributed by atoms with E-state index in [0.717, 1.165) is 27.0 Å². The Morgan fingerprint density at radius 2 is 1.69 bits per heavy atom. The van der Waals surface area contributed by atoms with Gasteiger partial charge in [-0.1, -0.05) is 89.8 Å². The predicted octanol–water partition coefficient (Wildman–Crippen LogP) is 6.66. The Balaban J connectivity index is 1.33. The second kappa shape index (κ2) is 8.98. The van der Waals surface area contributed by atoms with E-state index < -0.39 is 0 Å². The number of rotatable bonds is 6. The second-order valence-electron chi connectivity index (χ2n) is 7.22. The van der Waals surface area contributed by atoms with Gasteiger partial charge in [-0.2, -0.15) is 0 Å². The number of oxazole rings is 1. The summed E-state index contributed by atoms with van der Waals surface area (Å²) in [6, 6.07) is 25.8. The first kappa shape index (κ1) is 20.5. The van der Waals surface area contributed by atoms with Crippen LogP contribution in [0.15, 0.2) is 88.5 Å². The fraction of sp³-hybridized carbons (Fsp3) is 0.0800. The van der Waals surface area contributed by atoms with Crippen LogP contribution < -0.4 is 5.32 Å². The van der Waals surface area contributed by atoms with Gasteiger partial charge in [0.05, 0.1) is 16.0 Å². The van der Waals surface area contributed by atoms with E-state index in [1.54, 1.807) is 0 Å². The van der Waals surface area contributed by atoms with Crippen LogP contribution in [0, 0.1) is 6.92 Å². The Bertz CT molecular complexity index is 1320. The molecule has 1 amide bonds. The first-order valence-electron chi connectivity index (χ1n) is 10.1. The van der Waals surface area contributed by atoms with Gasteiger partial charge >= 0.3 is 0 Å². The number of nitrogens with zero attached hydrogens (tertiary/aromatic N) is 2. The van der Waals surface area contributed by atoms with Crippen molar-refractivity contribution in [3.63, 3.8) is 0 Å². The zero-order chi connectivity index (χ0) is 21.9. The Hall–Kier alpha value is -3.42. The van der Waals surface area contributed by atoms with Crippen LogP contribution >= 0.6 is 23.1 Å². The first-order chi connectivity index (χ1) is 15.7. The number of aryl methyl sites for hydroxylation is 1. The van der Waals surface area contributed by atoms with Crippen molar-refractivity contribution in [2.24, 2.45) is 0 Å². The van der Waals surface area contributed by atoms with E-state index in [0.29, 0.717) is 16.1 Å². The third-order valence-corrected chi connectivity index (χ3v) is 6.57. The van der Waals surface area contributed by atoms with E-state index in [9.17, 15) is 4.79 Å². The van der Waals surface area contributed by atoms with Gasteiger partial charge in [0.2, 0.25) is 5.91 Å². The van der Waals surface area contributed by atoms with Crippen molar-refractivity contribution in [3.05, 3.63) is 84.4 Å². The largest absolute Gasteiger partial charge is 0.431 e. The Morgan fingerprint density at radius 1 is 0.969 bits per heavy atom. The highest BCUT2D eigenvalue weighted by Gasteiger charge is 2.18. The van der Waals surface area contributed by atoms with E-state index in [4.69, 9.17) is 4.42 Å². The number of thioether (sulfide) groups is 1. The predicted molar refractivity (Wildman–Crippen MR) is 131 cm³/mol. The molecule has 0 bridgehead atoms. The average Bonchev–Trinajstić information content (AvgIpc) is 3.42. The number of fused-ring (bicyclic) bond motifs is 1. The molecule has 3 aromatic carbocycles. The van der Waals surface area contributed by atoms with Gasteiger partial charge in [-0.05, 0) is 24.6 Å². The van der Waals surface area contributed by atoms with Crippen LogP contribution in [-0.2, 0) is 4.79 Å². The number of amides is 1. The summed E-state index contributed by atoms with van der Waals surface area (Å²) < 4.78 is 7.13. The molecular weight excluding hydrogens is 438 g/mol. The van der Waals surface area contributed by atoms with Gasteiger partial charge in [0.15, 0.2) is 10.9 Å². The van der Waals surface area contributed by atoms with Gasteiger partial charge in [-0.3, -0.25) is 4.79 Å². The SMILES string of the molecule is Cc1ccc2nc(NC(=O)CSc3nc(-c4ccccc4)c(-c4ccccc4)o3)sc2c1. The molecule has 5 aromatic rings. The van der Waals surface area contributed by atoms with Gasteiger partial charge in [0.1, 0.15) is 5.69 Å². The Morgan fingerprint density at radius 3 is 2.44 bits per heavy atom. The molecule has 0 atom stereocenters. The molecular formula is C25H19N3O2S2. The fourth-order valence-corrected chi connectivity index (χ4v) is 4.91. The molecule has 0 saturated heterocycles. The number of carbonyl (C=O) groups is 1.